The number of hydrogen-bond donors (Lipinski definition) is 1. The molecule has 0 saturated heterocycles. The summed E-state index contributed by atoms with van der Waals surface area (Å²) in [6.07, 6.45) is 0.625. The number of aryl methyl sites for hydroxylation is 2. The molecule has 19 heavy (non-hydrogen) atoms. The van der Waals surface area contributed by atoms with Crippen LogP contribution in [0.4, 0.5) is 4.39 Å². The fraction of sp³-hybridized carbons (Fsp3) is 0.267. The van der Waals surface area contributed by atoms with Crippen molar-refractivity contribution in [2.24, 2.45) is 0 Å². The molecule has 0 radical (unpaired) electrons. The van der Waals surface area contributed by atoms with Crippen molar-refractivity contribution < 1.29 is 9.13 Å². The highest BCUT2D eigenvalue weighted by Gasteiger charge is 2.12. The molecule has 0 fully saturated rings. The summed E-state index contributed by atoms with van der Waals surface area (Å²) in [6.45, 7) is 3.70. The molecule has 0 aliphatic rings. The fourth-order valence-corrected chi connectivity index (χ4v) is 2.10. The topological polar surface area (TPSA) is 42.1 Å². The number of aromatic nitrogens is 1. The number of H-pyrrole nitrogens is 1. The summed E-state index contributed by atoms with van der Waals surface area (Å²) in [7, 11) is 1.54. The van der Waals surface area contributed by atoms with Gasteiger partial charge in [0.1, 0.15) is 11.6 Å². The first-order valence-electron chi connectivity index (χ1n) is 6.13. The van der Waals surface area contributed by atoms with Gasteiger partial charge in [0.2, 0.25) is 0 Å². The van der Waals surface area contributed by atoms with Crippen LogP contribution in [0, 0.1) is 12.7 Å². The summed E-state index contributed by atoms with van der Waals surface area (Å²) in [5.74, 6) is 0.248. The summed E-state index contributed by atoms with van der Waals surface area (Å²) >= 11 is 0. The number of halogens is 1. The van der Waals surface area contributed by atoms with Crippen LogP contribution in [0.2, 0.25) is 0 Å². The Kier molecular flexibility index (Phi) is 3.69. The molecule has 2 aromatic rings. The maximum atomic E-state index is 13.4. The van der Waals surface area contributed by atoms with Crippen LogP contribution in [0.3, 0.4) is 0 Å². The predicted octanol–water partition coefficient (Wildman–Crippen LogP) is 3.06. The maximum absolute atomic E-state index is 13.4. The van der Waals surface area contributed by atoms with Crippen molar-refractivity contribution in [1.82, 2.24) is 4.98 Å². The van der Waals surface area contributed by atoms with E-state index in [0.29, 0.717) is 29.0 Å². The second-order valence-corrected chi connectivity index (χ2v) is 4.36. The lowest BCUT2D eigenvalue weighted by Crippen LogP contribution is -2.13. The Hall–Kier alpha value is -2.10. The molecular formula is C15H16FNO2. The SMILES string of the molecule is CCc1cc(-c2cc(F)ccc2OC)c(C)[nH]c1=O. The van der Waals surface area contributed by atoms with Crippen molar-refractivity contribution in [2.75, 3.05) is 7.11 Å². The van der Waals surface area contributed by atoms with E-state index >= 15 is 0 Å². The summed E-state index contributed by atoms with van der Waals surface area (Å²) in [6, 6.07) is 6.15. The zero-order valence-corrected chi connectivity index (χ0v) is 11.2. The summed E-state index contributed by atoms with van der Waals surface area (Å²) in [5.41, 5.74) is 2.70. The molecule has 0 bridgehead atoms. The average molecular weight is 261 g/mol. The molecule has 1 aromatic heterocycles. The molecule has 1 N–H and O–H groups in total. The minimum Gasteiger partial charge on any atom is -0.496 e. The number of methoxy groups -OCH3 is 1. The van der Waals surface area contributed by atoms with E-state index in [4.69, 9.17) is 4.74 Å². The molecule has 0 saturated carbocycles. The first-order chi connectivity index (χ1) is 9.06. The molecule has 0 aliphatic heterocycles. The van der Waals surface area contributed by atoms with Gasteiger partial charge in [-0.05, 0) is 37.6 Å². The van der Waals surface area contributed by atoms with Gasteiger partial charge in [-0.15, -0.1) is 0 Å². The van der Waals surface area contributed by atoms with Gasteiger partial charge in [0.15, 0.2) is 0 Å². The minimum absolute atomic E-state index is 0.0980. The minimum atomic E-state index is -0.334. The Labute approximate surface area is 111 Å². The first-order valence-corrected chi connectivity index (χ1v) is 6.13. The zero-order chi connectivity index (χ0) is 14.0. The summed E-state index contributed by atoms with van der Waals surface area (Å²) in [4.78, 5) is 14.5. The highest BCUT2D eigenvalue weighted by Crippen LogP contribution is 2.32. The van der Waals surface area contributed by atoms with E-state index in [2.05, 4.69) is 4.98 Å². The zero-order valence-electron chi connectivity index (χ0n) is 11.2. The number of benzene rings is 1. The van der Waals surface area contributed by atoms with Crippen LogP contribution in [0.5, 0.6) is 5.75 Å². The molecule has 100 valence electrons. The van der Waals surface area contributed by atoms with Crippen molar-refractivity contribution >= 4 is 0 Å². The molecule has 0 amide bonds. The van der Waals surface area contributed by atoms with Crippen LogP contribution >= 0.6 is 0 Å². The van der Waals surface area contributed by atoms with E-state index < -0.39 is 0 Å². The van der Waals surface area contributed by atoms with Gasteiger partial charge in [-0.3, -0.25) is 4.79 Å². The van der Waals surface area contributed by atoms with E-state index in [1.807, 2.05) is 6.92 Å². The van der Waals surface area contributed by atoms with Gasteiger partial charge in [-0.25, -0.2) is 4.39 Å². The van der Waals surface area contributed by atoms with E-state index in [1.54, 1.807) is 26.2 Å². The normalized spacial score (nSPS) is 10.5. The largest absolute Gasteiger partial charge is 0.496 e. The van der Waals surface area contributed by atoms with Gasteiger partial charge in [-0.2, -0.15) is 0 Å². The highest BCUT2D eigenvalue weighted by molar-refractivity contribution is 5.72. The number of aromatic amines is 1. The molecular weight excluding hydrogens is 245 g/mol. The highest BCUT2D eigenvalue weighted by atomic mass is 19.1. The van der Waals surface area contributed by atoms with Gasteiger partial charge >= 0.3 is 0 Å². The smallest absolute Gasteiger partial charge is 0.251 e. The standard InChI is InChI=1S/C15H16FNO2/c1-4-10-7-12(9(2)17-15(10)18)13-8-11(16)5-6-14(13)19-3/h5-8H,4H2,1-3H3,(H,17,18). The molecule has 1 aromatic carbocycles. The molecule has 0 spiro atoms. The van der Waals surface area contributed by atoms with Crippen molar-refractivity contribution in [3.05, 3.63) is 51.7 Å². The molecule has 0 atom stereocenters. The van der Waals surface area contributed by atoms with E-state index in [-0.39, 0.29) is 11.4 Å². The number of rotatable bonds is 3. The molecule has 3 nitrogen and oxygen atoms in total. The Morgan fingerprint density at radius 2 is 2.00 bits per heavy atom. The maximum Gasteiger partial charge on any atom is 0.251 e. The third-order valence-electron chi connectivity index (χ3n) is 3.15. The Balaban J connectivity index is 2.71. The van der Waals surface area contributed by atoms with Crippen LogP contribution in [0.25, 0.3) is 11.1 Å². The Morgan fingerprint density at radius 1 is 1.26 bits per heavy atom. The van der Waals surface area contributed by atoms with Crippen molar-refractivity contribution in [3.63, 3.8) is 0 Å². The Morgan fingerprint density at radius 3 is 2.63 bits per heavy atom. The summed E-state index contributed by atoms with van der Waals surface area (Å²) < 4.78 is 18.7. The Bertz CT molecular complexity index is 662. The number of nitrogens with one attached hydrogen (secondary N) is 1. The first kappa shape index (κ1) is 13.3. The van der Waals surface area contributed by atoms with Crippen LogP contribution in [0.1, 0.15) is 18.2 Å². The lowest BCUT2D eigenvalue weighted by molar-refractivity contribution is 0.415. The fourth-order valence-electron chi connectivity index (χ4n) is 2.10. The number of pyridine rings is 1. The lowest BCUT2D eigenvalue weighted by atomic mass is 10.0. The van der Waals surface area contributed by atoms with Gasteiger partial charge < -0.3 is 9.72 Å². The third kappa shape index (κ3) is 2.52. The van der Waals surface area contributed by atoms with E-state index in [0.717, 1.165) is 5.56 Å². The second-order valence-electron chi connectivity index (χ2n) is 4.36. The van der Waals surface area contributed by atoms with E-state index in [9.17, 15) is 9.18 Å². The average Bonchev–Trinajstić information content (AvgIpc) is 2.39. The lowest BCUT2D eigenvalue weighted by Gasteiger charge is -2.12. The van der Waals surface area contributed by atoms with Crippen LogP contribution in [0.15, 0.2) is 29.1 Å². The van der Waals surface area contributed by atoms with Crippen LogP contribution in [-0.2, 0) is 6.42 Å². The molecule has 4 heteroatoms. The van der Waals surface area contributed by atoms with Gasteiger partial charge in [-0.1, -0.05) is 6.92 Å². The van der Waals surface area contributed by atoms with Crippen molar-refractivity contribution in [2.45, 2.75) is 20.3 Å². The van der Waals surface area contributed by atoms with Gasteiger partial charge in [0, 0.05) is 22.4 Å². The third-order valence-corrected chi connectivity index (χ3v) is 3.15. The monoisotopic (exact) mass is 261 g/mol. The predicted molar refractivity (Wildman–Crippen MR) is 73.1 cm³/mol. The van der Waals surface area contributed by atoms with Crippen molar-refractivity contribution in [3.8, 4) is 16.9 Å². The molecule has 2 rings (SSSR count). The molecule has 1 heterocycles. The number of ether oxygens (including phenoxy) is 1. The summed E-state index contributed by atoms with van der Waals surface area (Å²) in [5, 5.41) is 0. The molecule has 0 aliphatic carbocycles. The van der Waals surface area contributed by atoms with Gasteiger partial charge in [0.05, 0.1) is 7.11 Å². The van der Waals surface area contributed by atoms with Crippen molar-refractivity contribution in [1.29, 1.82) is 0 Å². The van der Waals surface area contributed by atoms with Crippen LogP contribution < -0.4 is 10.3 Å². The van der Waals surface area contributed by atoms with Crippen LogP contribution in [-0.4, -0.2) is 12.1 Å². The number of hydrogen-bond acceptors (Lipinski definition) is 2. The van der Waals surface area contributed by atoms with Gasteiger partial charge in [0.25, 0.3) is 5.56 Å². The van der Waals surface area contributed by atoms with E-state index in [1.165, 1.54) is 12.1 Å². The second kappa shape index (κ2) is 5.26. The quantitative estimate of drug-likeness (QED) is 0.922. The molecule has 0 unspecified atom stereocenters.